The first-order valence-corrected chi connectivity index (χ1v) is 8.12. The molecule has 0 saturated carbocycles. The van der Waals surface area contributed by atoms with Crippen molar-refractivity contribution in [1.29, 1.82) is 0 Å². The lowest BCUT2D eigenvalue weighted by molar-refractivity contribution is 0.0592. The summed E-state index contributed by atoms with van der Waals surface area (Å²) < 4.78 is 21.3. The maximum Gasteiger partial charge on any atom is 0.312 e. The number of anilines is 2. The van der Waals surface area contributed by atoms with E-state index in [0.29, 0.717) is 33.5 Å². The number of hydrogen-bond donors (Lipinski definition) is 1. The number of hydrogen-bond acceptors (Lipinski definition) is 5. The minimum Gasteiger partial charge on any atom is -0.358 e. The van der Waals surface area contributed by atoms with Gasteiger partial charge in [-0.3, -0.25) is 4.57 Å². The van der Waals surface area contributed by atoms with Gasteiger partial charge in [-0.05, 0) is 25.0 Å². The molecule has 0 bridgehead atoms. The van der Waals surface area contributed by atoms with E-state index >= 15 is 0 Å². The Kier molecular flexibility index (Phi) is 3.99. The molecule has 3 heterocycles. The van der Waals surface area contributed by atoms with Crippen molar-refractivity contribution in [1.82, 2.24) is 19.5 Å². The quantitative estimate of drug-likeness (QED) is 0.698. The molecule has 2 aromatic heterocycles. The molecule has 1 aromatic carbocycles. The van der Waals surface area contributed by atoms with Gasteiger partial charge in [0.1, 0.15) is 6.23 Å². The maximum atomic E-state index is 13.9. The Hall–Kier alpha value is -1.96. The van der Waals surface area contributed by atoms with Gasteiger partial charge in [-0.25, -0.2) is 4.98 Å². The molecule has 1 aliphatic heterocycles. The molecular weight excluding hydrogens is 356 g/mol. The summed E-state index contributed by atoms with van der Waals surface area (Å²) in [4.78, 5) is 12.0. The standard InChI is InChI=1S/C15H12Cl2FN5O/c16-8-3-1-4-9(11(8)17)20-13-12-14(22-15(18)21-13)23(7-19-12)10-5-2-6-24-10/h1,3-4,7,10H,2,5-6H2,(H,20,21,22). The van der Waals surface area contributed by atoms with Crippen LogP contribution >= 0.6 is 23.2 Å². The maximum absolute atomic E-state index is 13.9. The number of rotatable bonds is 3. The van der Waals surface area contributed by atoms with Crippen LogP contribution in [0.5, 0.6) is 0 Å². The van der Waals surface area contributed by atoms with E-state index in [1.54, 1.807) is 29.1 Å². The summed E-state index contributed by atoms with van der Waals surface area (Å²) in [6.45, 7) is 0.668. The molecule has 1 fully saturated rings. The van der Waals surface area contributed by atoms with Gasteiger partial charge in [0.15, 0.2) is 17.0 Å². The average Bonchev–Trinajstić information content (AvgIpc) is 3.20. The van der Waals surface area contributed by atoms with E-state index in [0.717, 1.165) is 12.8 Å². The molecule has 0 spiro atoms. The van der Waals surface area contributed by atoms with Crippen LogP contribution in [-0.4, -0.2) is 26.1 Å². The van der Waals surface area contributed by atoms with Crippen LogP contribution in [0.1, 0.15) is 19.1 Å². The van der Waals surface area contributed by atoms with Crippen molar-refractivity contribution in [3.63, 3.8) is 0 Å². The lowest BCUT2D eigenvalue weighted by Crippen LogP contribution is -2.08. The van der Waals surface area contributed by atoms with Gasteiger partial charge >= 0.3 is 6.08 Å². The Bertz CT molecular complexity index is 910. The number of benzene rings is 1. The number of fused-ring (bicyclic) bond motifs is 1. The highest BCUT2D eigenvalue weighted by Crippen LogP contribution is 2.33. The summed E-state index contributed by atoms with van der Waals surface area (Å²) in [6.07, 6.45) is 2.32. The van der Waals surface area contributed by atoms with Crippen molar-refractivity contribution in [2.75, 3.05) is 11.9 Å². The number of aromatic nitrogens is 4. The fourth-order valence-electron chi connectivity index (χ4n) is 2.70. The third kappa shape index (κ3) is 2.68. The highest BCUT2D eigenvalue weighted by atomic mass is 35.5. The van der Waals surface area contributed by atoms with Gasteiger partial charge in [0.05, 0.1) is 22.1 Å². The Labute approximate surface area is 146 Å². The molecule has 1 aliphatic rings. The predicted octanol–water partition coefficient (Wildman–Crippen LogP) is 4.32. The summed E-state index contributed by atoms with van der Waals surface area (Å²) >= 11 is 12.2. The van der Waals surface area contributed by atoms with Gasteiger partial charge in [-0.15, -0.1) is 0 Å². The lowest BCUT2D eigenvalue weighted by Gasteiger charge is -2.12. The first-order valence-electron chi connectivity index (χ1n) is 7.36. The molecule has 0 amide bonds. The molecule has 124 valence electrons. The van der Waals surface area contributed by atoms with E-state index in [2.05, 4.69) is 20.3 Å². The van der Waals surface area contributed by atoms with Crippen molar-refractivity contribution in [2.24, 2.45) is 0 Å². The molecule has 1 saturated heterocycles. The van der Waals surface area contributed by atoms with Gasteiger partial charge in [0.25, 0.3) is 0 Å². The van der Waals surface area contributed by atoms with Crippen LogP contribution in [0.25, 0.3) is 11.2 Å². The van der Waals surface area contributed by atoms with Gasteiger partial charge in [-0.1, -0.05) is 29.3 Å². The van der Waals surface area contributed by atoms with Crippen LogP contribution in [0.2, 0.25) is 10.0 Å². The normalized spacial score (nSPS) is 17.5. The largest absolute Gasteiger partial charge is 0.358 e. The molecule has 9 heteroatoms. The Balaban J connectivity index is 1.79. The summed E-state index contributed by atoms with van der Waals surface area (Å²) in [6, 6.07) is 5.12. The third-order valence-electron chi connectivity index (χ3n) is 3.81. The number of nitrogens with zero attached hydrogens (tertiary/aromatic N) is 4. The summed E-state index contributed by atoms with van der Waals surface area (Å²) in [5.74, 6) is 0.221. The van der Waals surface area contributed by atoms with Gasteiger partial charge in [0.2, 0.25) is 0 Å². The average molecular weight is 368 g/mol. The second-order valence-electron chi connectivity index (χ2n) is 5.36. The molecule has 1 atom stereocenters. The van der Waals surface area contributed by atoms with E-state index in [4.69, 9.17) is 27.9 Å². The van der Waals surface area contributed by atoms with Crippen molar-refractivity contribution >= 4 is 45.9 Å². The third-order valence-corrected chi connectivity index (χ3v) is 4.63. The zero-order valence-electron chi connectivity index (χ0n) is 12.3. The summed E-state index contributed by atoms with van der Waals surface area (Å²) in [5.41, 5.74) is 1.31. The molecule has 24 heavy (non-hydrogen) atoms. The molecule has 4 rings (SSSR count). The molecular formula is C15H12Cl2FN5O. The predicted molar refractivity (Wildman–Crippen MR) is 89.2 cm³/mol. The lowest BCUT2D eigenvalue weighted by atomic mass is 10.3. The van der Waals surface area contributed by atoms with E-state index < -0.39 is 6.08 Å². The molecule has 3 aromatic rings. The monoisotopic (exact) mass is 367 g/mol. The van der Waals surface area contributed by atoms with Crippen molar-refractivity contribution < 1.29 is 9.13 Å². The van der Waals surface area contributed by atoms with E-state index in [1.807, 2.05) is 0 Å². The summed E-state index contributed by atoms with van der Waals surface area (Å²) in [7, 11) is 0. The highest BCUT2D eigenvalue weighted by Gasteiger charge is 2.22. The van der Waals surface area contributed by atoms with Crippen LogP contribution < -0.4 is 5.32 Å². The van der Waals surface area contributed by atoms with Gasteiger partial charge in [-0.2, -0.15) is 14.4 Å². The number of imidazole rings is 1. The van der Waals surface area contributed by atoms with Crippen LogP contribution in [-0.2, 0) is 4.74 Å². The molecule has 0 aliphatic carbocycles. The van der Waals surface area contributed by atoms with Crippen LogP contribution in [0.15, 0.2) is 24.5 Å². The van der Waals surface area contributed by atoms with E-state index in [-0.39, 0.29) is 12.0 Å². The summed E-state index contributed by atoms with van der Waals surface area (Å²) in [5, 5.41) is 3.69. The smallest absolute Gasteiger partial charge is 0.312 e. The minimum atomic E-state index is -0.858. The van der Waals surface area contributed by atoms with E-state index in [1.165, 1.54) is 0 Å². The Morgan fingerprint density at radius 2 is 2.17 bits per heavy atom. The zero-order valence-corrected chi connectivity index (χ0v) is 13.9. The first kappa shape index (κ1) is 15.6. The van der Waals surface area contributed by atoms with Crippen LogP contribution in [0.4, 0.5) is 15.9 Å². The Morgan fingerprint density at radius 3 is 2.96 bits per heavy atom. The van der Waals surface area contributed by atoms with Crippen LogP contribution in [0.3, 0.4) is 0 Å². The van der Waals surface area contributed by atoms with E-state index in [9.17, 15) is 4.39 Å². The molecule has 0 radical (unpaired) electrons. The number of ether oxygens (including phenoxy) is 1. The zero-order chi connectivity index (χ0) is 16.7. The minimum absolute atomic E-state index is 0.188. The van der Waals surface area contributed by atoms with Crippen molar-refractivity contribution in [3.8, 4) is 0 Å². The van der Waals surface area contributed by atoms with Gasteiger partial charge in [0, 0.05) is 6.61 Å². The fraction of sp³-hybridized carbons (Fsp3) is 0.267. The van der Waals surface area contributed by atoms with Crippen molar-refractivity contribution in [3.05, 3.63) is 40.6 Å². The number of halogens is 3. The second kappa shape index (κ2) is 6.16. The highest BCUT2D eigenvalue weighted by molar-refractivity contribution is 6.43. The molecule has 6 nitrogen and oxygen atoms in total. The number of nitrogens with one attached hydrogen (secondary N) is 1. The Morgan fingerprint density at radius 1 is 1.29 bits per heavy atom. The van der Waals surface area contributed by atoms with Crippen LogP contribution in [0, 0.1) is 6.08 Å². The SMILES string of the molecule is Fc1nc(Nc2cccc(Cl)c2Cl)c2ncn(C3CCCO3)c2n1. The second-order valence-corrected chi connectivity index (χ2v) is 6.14. The molecule has 1 unspecified atom stereocenters. The fourth-order valence-corrected chi connectivity index (χ4v) is 3.04. The first-order chi connectivity index (χ1) is 11.6. The molecule has 1 N–H and O–H groups in total. The van der Waals surface area contributed by atoms with Crippen molar-refractivity contribution in [2.45, 2.75) is 19.1 Å². The topological polar surface area (TPSA) is 64.9 Å². The van der Waals surface area contributed by atoms with Gasteiger partial charge < -0.3 is 10.1 Å².